The molecular weight excluding hydrogens is 289 g/mol. The summed E-state index contributed by atoms with van der Waals surface area (Å²) >= 11 is 3.24. The van der Waals surface area contributed by atoms with Gasteiger partial charge in [-0.3, -0.25) is 4.98 Å². The number of nitrogens with one attached hydrogen (secondary N) is 1. The number of anilines is 1. The summed E-state index contributed by atoms with van der Waals surface area (Å²) in [5.74, 6) is 0.429. The Balaban J connectivity index is 2.27. The van der Waals surface area contributed by atoms with E-state index < -0.39 is 5.82 Å². The maximum absolute atomic E-state index is 13.4. The fourth-order valence-corrected chi connectivity index (χ4v) is 1.53. The van der Waals surface area contributed by atoms with Crippen molar-refractivity contribution in [1.29, 1.82) is 0 Å². The second-order valence-electron chi connectivity index (χ2n) is 3.17. The minimum Gasteiger partial charge on any atom is -0.434 e. The molecule has 17 heavy (non-hydrogen) atoms. The van der Waals surface area contributed by atoms with Gasteiger partial charge in [0.25, 0.3) is 0 Å². The van der Waals surface area contributed by atoms with Crippen LogP contribution in [0.3, 0.4) is 0 Å². The molecule has 0 atom stereocenters. The summed E-state index contributed by atoms with van der Waals surface area (Å²) in [4.78, 5) is 8.00. The highest BCUT2D eigenvalue weighted by Crippen LogP contribution is 2.26. The lowest BCUT2D eigenvalue weighted by atomic mass is 10.3. The Morgan fingerprint density at radius 1 is 1.35 bits per heavy atom. The second-order valence-corrected chi connectivity index (χ2v) is 4.09. The van der Waals surface area contributed by atoms with Crippen LogP contribution in [0.5, 0.6) is 11.6 Å². The van der Waals surface area contributed by atoms with Gasteiger partial charge in [-0.2, -0.15) is 4.98 Å². The molecule has 1 N–H and O–H groups in total. The lowest BCUT2D eigenvalue weighted by Gasteiger charge is -2.06. The molecule has 0 unspecified atom stereocenters. The van der Waals surface area contributed by atoms with Crippen molar-refractivity contribution in [3.63, 3.8) is 0 Å². The number of hydrogen-bond acceptors (Lipinski definition) is 4. The molecule has 0 amide bonds. The van der Waals surface area contributed by atoms with Crippen LogP contribution in [0.1, 0.15) is 0 Å². The molecule has 0 saturated heterocycles. The zero-order chi connectivity index (χ0) is 12.3. The standard InChI is InChI=1S/C11H9BrFN3O/c1-14-10-5-15-6-11(16-10)17-9-4-7(12)2-3-8(9)13/h2-6H,1H3,(H,14,16). The highest BCUT2D eigenvalue weighted by molar-refractivity contribution is 9.10. The number of rotatable bonds is 3. The van der Waals surface area contributed by atoms with Crippen molar-refractivity contribution in [1.82, 2.24) is 9.97 Å². The number of benzene rings is 1. The van der Waals surface area contributed by atoms with Gasteiger partial charge in [-0.1, -0.05) is 15.9 Å². The second kappa shape index (κ2) is 5.09. The molecule has 1 heterocycles. The quantitative estimate of drug-likeness (QED) is 0.945. The third-order valence-corrected chi connectivity index (χ3v) is 2.47. The first-order valence-corrected chi connectivity index (χ1v) is 5.61. The van der Waals surface area contributed by atoms with E-state index >= 15 is 0 Å². The molecule has 2 rings (SSSR count). The molecule has 4 nitrogen and oxygen atoms in total. The zero-order valence-electron chi connectivity index (χ0n) is 8.95. The summed E-state index contributed by atoms with van der Waals surface area (Å²) in [5.41, 5.74) is 0. The van der Waals surface area contributed by atoms with Crippen LogP contribution in [0.2, 0.25) is 0 Å². The van der Waals surface area contributed by atoms with E-state index in [0.717, 1.165) is 4.47 Å². The van der Waals surface area contributed by atoms with E-state index in [2.05, 4.69) is 31.2 Å². The van der Waals surface area contributed by atoms with Crippen molar-refractivity contribution < 1.29 is 9.13 Å². The van der Waals surface area contributed by atoms with Crippen molar-refractivity contribution >= 4 is 21.7 Å². The Bertz CT molecular complexity index is 536. The van der Waals surface area contributed by atoms with Gasteiger partial charge >= 0.3 is 0 Å². The van der Waals surface area contributed by atoms with Gasteiger partial charge in [0.1, 0.15) is 5.82 Å². The maximum Gasteiger partial charge on any atom is 0.239 e. The van der Waals surface area contributed by atoms with Gasteiger partial charge in [-0.05, 0) is 18.2 Å². The first kappa shape index (κ1) is 11.8. The van der Waals surface area contributed by atoms with Gasteiger partial charge in [0, 0.05) is 11.5 Å². The molecule has 1 aromatic heterocycles. The Hall–Kier alpha value is -1.69. The Labute approximate surface area is 106 Å². The monoisotopic (exact) mass is 297 g/mol. The summed E-state index contributed by atoms with van der Waals surface area (Å²) in [5, 5.41) is 2.82. The van der Waals surface area contributed by atoms with Crippen LogP contribution >= 0.6 is 15.9 Å². The van der Waals surface area contributed by atoms with Gasteiger partial charge < -0.3 is 10.1 Å². The average molecular weight is 298 g/mol. The third kappa shape index (κ3) is 2.91. The van der Waals surface area contributed by atoms with Crippen molar-refractivity contribution in [2.45, 2.75) is 0 Å². The fourth-order valence-electron chi connectivity index (χ4n) is 1.19. The van der Waals surface area contributed by atoms with Crippen LogP contribution < -0.4 is 10.1 Å². The van der Waals surface area contributed by atoms with E-state index in [9.17, 15) is 4.39 Å². The van der Waals surface area contributed by atoms with Crippen molar-refractivity contribution in [3.8, 4) is 11.6 Å². The summed E-state index contributed by atoms with van der Waals surface area (Å²) < 4.78 is 19.5. The number of ether oxygens (including phenoxy) is 1. The van der Waals surface area contributed by atoms with Crippen molar-refractivity contribution in [3.05, 3.63) is 40.9 Å². The van der Waals surface area contributed by atoms with Crippen molar-refractivity contribution in [2.24, 2.45) is 0 Å². The van der Waals surface area contributed by atoms with Crippen LogP contribution in [0.25, 0.3) is 0 Å². The van der Waals surface area contributed by atoms with Gasteiger partial charge in [0.05, 0.1) is 12.4 Å². The number of hydrogen-bond donors (Lipinski definition) is 1. The normalized spacial score (nSPS) is 10.1. The zero-order valence-corrected chi connectivity index (χ0v) is 10.5. The average Bonchev–Trinajstić information content (AvgIpc) is 2.34. The predicted molar refractivity (Wildman–Crippen MR) is 65.8 cm³/mol. The Morgan fingerprint density at radius 2 is 2.18 bits per heavy atom. The SMILES string of the molecule is CNc1cncc(Oc2cc(Br)ccc2F)n1. The van der Waals surface area contributed by atoms with Crippen LogP contribution in [-0.2, 0) is 0 Å². The molecule has 0 aliphatic rings. The molecule has 0 aliphatic carbocycles. The van der Waals surface area contributed by atoms with Crippen molar-refractivity contribution in [2.75, 3.05) is 12.4 Å². The van der Waals surface area contributed by atoms with E-state index in [-0.39, 0.29) is 11.6 Å². The third-order valence-electron chi connectivity index (χ3n) is 1.98. The van der Waals surface area contributed by atoms with E-state index in [1.807, 2.05) is 0 Å². The molecule has 0 aliphatic heterocycles. The molecule has 0 fully saturated rings. The topological polar surface area (TPSA) is 47.0 Å². The molecule has 0 radical (unpaired) electrons. The van der Waals surface area contributed by atoms with E-state index in [1.165, 1.54) is 18.3 Å². The number of aromatic nitrogens is 2. The molecule has 2 aromatic rings. The molecule has 0 spiro atoms. The van der Waals surface area contributed by atoms with Gasteiger partial charge in [-0.25, -0.2) is 4.39 Å². The summed E-state index contributed by atoms with van der Waals surface area (Å²) in [6.07, 6.45) is 2.96. The molecule has 0 bridgehead atoms. The van der Waals surface area contributed by atoms with E-state index in [1.54, 1.807) is 19.3 Å². The highest BCUT2D eigenvalue weighted by Gasteiger charge is 2.07. The van der Waals surface area contributed by atoms with Crippen LogP contribution in [-0.4, -0.2) is 17.0 Å². The van der Waals surface area contributed by atoms with Gasteiger partial charge in [0.2, 0.25) is 5.88 Å². The first-order chi connectivity index (χ1) is 8.19. The van der Waals surface area contributed by atoms with Gasteiger partial charge in [0.15, 0.2) is 11.6 Å². The van der Waals surface area contributed by atoms with Gasteiger partial charge in [-0.15, -0.1) is 0 Å². The summed E-state index contributed by atoms with van der Waals surface area (Å²) in [7, 11) is 1.72. The maximum atomic E-state index is 13.4. The van der Waals surface area contributed by atoms with Crippen LogP contribution in [0.4, 0.5) is 10.2 Å². The van der Waals surface area contributed by atoms with E-state index in [4.69, 9.17) is 4.74 Å². The Kier molecular flexibility index (Phi) is 3.53. The molecule has 88 valence electrons. The molecule has 6 heteroatoms. The summed E-state index contributed by atoms with van der Waals surface area (Å²) in [6, 6.07) is 4.44. The molecule has 1 aromatic carbocycles. The fraction of sp³-hybridized carbons (Fsp3) is 0.0909. The smallest absolute Gasteiger partial charge is 0.239 e. The first-order valence-electron chi connectivity index (χ1n) is 4.82. The minimum absolute atomic E-state index is 0.0990. The lowest BCUT2D eigenvalue weighted by Crippen LogP contribution is -1.96. The largest absolute Gasteiger partial charge is 0.434 e. The molecular formula is C11H9BrFN3O. The number of nitrogens with zero attached hydrogens (tertiary/aromatic N) is 2. The number of halogens is 2. The highest BCUT2D eigenvalue weighted by atomic mass is 79.9. The minimum atomic E-state index is -0.454. The van der Waals surface area contributed by atoms with Crippen LogP contribution in [0.15, 0.2) is 35.1 Å². The van der Waals surface area contributed by atoms with E-state index in [0.29, 0.717) is 5.82 Å². The molecule has 0 saturated carbocycles. The predicted octanol–water partition coefficient (Wildman–Crippen LogP) is 3.21. The summed E-state index contributed by atoms with van der Waals surface area (Å²) in [6.45, 7) is 0. The van der Waals surface area contributed by atoms with Crippen LogP contribution in [0, 0.1) is 5.82 Å². The lowest BCUT2D eigenvalue weighted by molar-refractivity contribution is 0.425. The Morgan fingerprint density at radius 3 is 2.94 bits per heavy atom.